The summed E-state index contributed by atoms with van der Waals surface area (Å²) in [6, 6.07) is -0.317. The SMILES string of the molecule is CCOC(=O)C1COC2(CCOCC2)N1. The van der Waals surface area contributed by atoms with Crippen molar-refractivity contribution in [3.05, 3.63) is 0 Å². The molecule has 2 saturated heterocycles. The van der Waals surface area contributed by atoms with E-state index in [0.29, 0.717) is 26.4 Å². The van der Waals surface area contributed by atoms with E-state index in [9.17, 15) is 4.79 Å². The van der Waals surface area contributed by atoms with Gasteiger partial charge in [0.15, 0.2) is 0 Å². The molecule has 5 heteroatoms. The molecule has 2 heterocycles. The summed E-state index contributed by atoms with van der Waals surface area (Å²) in [4.78, 5) is 11.5. The van der Waals surface area contributed by atoms with Crippen LogP contribution in [0.1, 0.15) is 19.8 Å². The third-order valence-corrected chi connectivity index (χ3v) is 2.84. The first-order valence-electron chi connectivity index (χ1n) is 5.42. The highest BCUT2D eigenvalue weighted by Crippen LogP contribution is 2.27. The monoisotopic (exact) mass is 215 g/mol. The maximum atomic E-state index is 11.5. The summed E-state index contributed by atoms with van der Waals surface area (Å²) in [5.41, 5.74) is -0.352. The van der Waals surface area contributed by atoms with Gasteiger partial charge in [-0.1, -0.05) is 0 Å². The molecule has 0 aromatic rings. The maximum absolute atomic E-state index is 11.5. The molecule has 2 rings (SSSR count). The third-order valence-electron chi connectivity index (χ3n) is 2.84. The fourth-order valence-corrected chi connectivity index (χ4v) is 2.00. The van der Waals surface area contributed by atoms with Crippen molar-refractivity contribution in [1.29, 1.82) is 0 Å². The molecular weight excluding hydrogens is 198 g/mol. The van der Waals surface area contributed by atoms with Gasteiger partial charge < -0.3 is 14.2 Å². The molecule has 0 aromatic carbocycles. The van der Waals surface area contributed by atoms with Crippen LogP contribution in [0.5, 0.6) is 0 Å². The average Bonchev–Trinajstić information content (AvgIpc) is 2.64. The van der Waals surface area contributed by atoms with Crippen molar-refractivity contribution in [2.45, 2.75) is 31.5 Å². The molecule has 2 fully saturated rings. The van der Waals surface area contributed by atoms with Crippen molar-refractivity contribution in [1.82, 2.24) is 5.32 Å². The van der Waals surface area contributed by atoms with Gasteiger partial charge in [0, 0.05) is 12.8 Å². The summed E-state index contributed by atoms with van der Waals surface area (Å²) in [5.74, 6) is -0.221. The van der Waals surface area contributed by atoms with E-state index in [4.69, 9.17) is 14.2 Å². The molecule has 0 saturated carbocycles. The Morgan fingerprint density at radius 3 is 2.93 bits per heavy atom. The van der Waals surface area contributed by atoms with Gasteiger partial charge in [0.05, 0.1) is 26.4 Å². The second kappa shape index (κ2) is 4.47. The van der Waals surface area contributed by atoms with Gasteiger partial charge in [-0.3, -0.25) is 10.1 Å². The van der Waals surface area contributed by atoms with E-state index in [2.05, 4.69) is 5.32 Å². The molecule has 1 N–H and O–H groups in total. The van der Waals surface area contributed by atoms with E-state index in [-0.39, 0.29) is 17.7 Å². The van der Waals surface area contributed by atoms with Crippen LogP contribution in [0.3, 0.4) is 0 Å². The Hall–Kier alpha value is -0.650. The minimum absolute atomic E-state index is 0.221. The molecule has 0 amide bonds. The van der Waals surface area contributed by atoms with Gasteiger partial charge in [-0.15, -0.1) is 0 Å². The molecule has 0 bridgehead atoms. The summed E-state index contributed by atoms with van der Waals surface area (Å²) in [6.45, 7) is 3.98. The number of ether oxygens (including phenoxy) is 3. The number of esters is 1. The molecular formula is C10H17NO4. The number of nitrogens with one attached hydrogen (secondary N) is 1. The molecule has 0 aliphatic carbocycles. The summed E-state index contributed by atoms with van der Waals surface area (Å²) < 4.78 is 15.9. The lowest BCUT2D eigenvalue weighted by molar-refractivity contribution is -0.145. The van der Waals surface area contributed by atoms with Crippen molar-refractivity contribution in [2.75, 3.05) is 26.4 Å². The number of carbonyl (C=O) groups excluding carboxylic acids is 1. The molecule has 2 aliphatic rings. The second-order valence-corrected chi connectivity index (χ2v) is 3.87. The van der Waals surface area contributed by atoms with Gasteiger partial charge in [0.2, 0.25) is 0 Å². The minimum Gasteiger partial charge on any atom is -0.465 e. The lowest BCUT2D eigenvalue weighted by Gasteiger charge is -2.32. The van der Waals surface area contributed by atoms with Gasteiger partial charge in [-0.05, 0) is 6.92 Å². The van der Waals surface area contributed by atoms with Crippen LogP contribution < -0.4 is 5.32 Å². The molecule has 1 atom stereocenters. The van der Waals surface area contributed by atoms with E-state index < -0.39 is 0 Å². The first-order valence-corrected chi connectivity index (χ1v) is 5.42. The Bertz CT molecular complexity index is 238. The van der Waals surface area contributed by atoms with Crippen LogP contribution in [0.15, 0.2) is 0 Å². The van der Waals surface area contributed by atoms with Crippen LogP contribution in [0.25, 0.3) is 0 Å². The summed E-state index contributed by atoms with van der Waals surface area (Å²) in [7, 11) is 0. The van der Waals surface area contributed by atoms with Gasteiger partial charge in [-0.25, -0.2) is 0 Å². The first-order chi connectivity index (χ1) is 7.26. The molecule has 0 radical (unpaired) electrons. The zero-order valence-electron chi connectivity index (χ0n) is 8.95. The quantitative estimate of drug-likeness (QED) is 0.659. The number of hydrogen-bond acceptors (Lipinski definition) is 5. The van der Waals surface area contributed by atoms with Crippen molar-refractivity contribution in [2.24, 2.45) is 0 Å². The van der Waals surface area contributed by atoms with Gasteiger partial charge in [0.1, 0.15) is 11.8 Å². The van der Waals surface area contributed by atoms with Gasteiger partial charge >= 0.3 is 5.97 Å². The van der Waals surface area contributed by atoms with E-state index >= 15 is 0 Å². The smallest absolute Gasteiger partial charge is 0.325 e. The van der Waals surface area contributed by atoms with E-state index in [1.54, 1.807) is 6.92 Å². The summed E-state index contributed by atoms with van der Waals surface area (Å²) >= 11 is 0. The van der Waals surface area contributed by atoms with Crippen LogP contribution in [0.2, 0.25) is 0 Å². The number of rotatable bonds is 2. The number of hydrogen-bond donors (Lipinski definition) is 1. The van der Waals surface area contributed by atoms with Crippen molar-refractivity contribution >= 4 is 5.97 Å². The predicted molar refractivity (Wildman–Crippen MR) is 52.3 cm³/mol. The van der Waals surface area contributed by atoms with E-state index in [1.807, 2.05) is 0 Å². The summed E-state index contributed by atoms with van der Waals surface area (Å²) in [5, 5.41) is 3.21. The molecule has 2 aliphatic heterocycles. The molecule has 15 heavy (non-hydrogen) atoms. The largest absolute Gasteiger partial charge is 0.465 e. The van der Waals surface area contributed by atoms with E-state index in [0.717, 1.165) is 12.8 Å². The third kappa shape index (κ3) is 2.30. The topological polar surface area (TPSA) is 56.8 Å². The summed E-state index contributed by atoms with van der Waals surface area (Å²) in [6.07, 6.45) is 1.59. The van der Waals surface area contributed by atoms with Crippen LogP contribution in [0, 0.1) is 0 Å². The first kappa shape index (κ1) is 10.9. The lowest BCUT2D eigenvalue weighted by atomic mass is 10.0. The number of carbonyl (C=O) groups is 1. The van der Waals surface area contributed by atoms with Crippen molar-refractivity contribution < 1.29 is 19.0 Å². The van der Waals surface area contributed by atoms with Crippen LogP contribution >= 0.6 is 0 Å². The molecule has 1 spiro atoms. The van der Waals surface area contributed by atoms with Crippen molar-refractivity contribution in [3.8, 4) is 0 Å². The highest BCUT2D eigenvalue weighted by molar-refractivity contribution is 5.76. The van der Waals surface area contributed by atoms with E-state index in [1.165, 1.54) is 0 Å². The normalized spacial score (nSPS) is 29.3. The predicted octanol–water partition coefficient (Wildman–Crippen LogP) is 0.0446. The molecule has 1 unspecified atom stereocenters. The fourth-order valence-electron chi connectivity index (χ4n) is 2.00. The minimum atomic E-state index is -0.352. The highest BCUT2D eigenvalue weighted by Gasteiger charge is 2.43. The molecule has 86 valence electrons. The Morgan fingerprint density at radius 1 is 1.53 bits per heavy atom. The highest BCUT2D eigenvalue weighted by atomic mass is 16.6. The molecule has 5 nitrogen and oxygen atoms in total. The maximum Gasteiger partial charge on any atom is 0.325 e. The van der Waals surface area contributed by atoms with Crippen LogP contribution in [-0.2, 0) is 19.0 Å². The van der Waals surface area contributed by atoms with Crippen molar-refractivity contribution in [3.63, 3.8) is 0 Å². The average molecular weight is 215 g/mol. The van der Waals surface area contributed by atoms with Gasteiger partial charge in [0.25, 0.3) is 0 Å². The molecule has 0 aromatic heterocycles. The standard InChI is InChI=1S/C10H17NO4/c1-2-14-9(12)8-7-15-10(11-8)3-5-13-6-4-10/h8,11H,2-7H2,1H3. The second-order valence-electron chi connectivity index (χ2n) is 3.87. The Kier molecular flexibility index (Phi) is 3.23. The zero-order valence-corrected chi connectivity index (χ0v) is 8.95. The lowest BCUT2D eigenvalue weighted by Crippen LogP contribution is -2.50. The van der Waals surface area contributed by atoms with Crippen LogP contribution in [0.4, 0.5) is 0 Å². The Balaban J connectivity index is 1.90. The van der Waals surface area contributed by atoms with Gasteiger partial charge in [-0.2, -0.15) is 0 Å². The fraction of sp³-hybridized carbons (Fsp3) is 0.900. The zero-order chi connectivity index (χ0) is 10.7. The Morgan fingerprint density at radius 2 is 2.27 bits per heavy atom. The van der Waals surface area contributed by atoms with Crippen LogP contribution in [-0.4, -0.2) is 44.2 Å². The Labute approximate surface area is 89.1 Å².